The van der Waals surface area contributed by atoms with Crippen molar-refractivity contribution in [3.05, 3.63) is 71.8 Å². The summed E-state index contributed by atoms with van der Waals surface area (Å²) in [7, 11) is 1.87. The molecule has 0 unspecified atom stereocenters. The molecule has 0 aromatic heterocycles. The predicted octanol–water partition coefficient (Wildman–Crippen LogP) is 4.65. The Labute approximate surface area is 140 Å². The second-order valence-electron chi connectivity index (χ2n) is 6.50. The van der Waals surface area contributed by atoms with Crippen molar-refractivity contribution in [2.24, 2.45) is 0 Å². The van der Waals surface area contributed by atoms with Gasteiger partial charge in [-0.1, -0.05) is 73.5 Å². The zero-order chi connectivity index (χ0) is 15.9. The molecule has 0 spiro atoms. The van der Waals surface area contributed by atoms with Gasteiger partial charge in [0.15, 0.2) is 0 Å². The summed E-state index contributed by atoms with van der Waals surface area (Å²) in [5.41, 5.74) is 2.76. The van der Waals surface area contributed by atoms with Gasteiger partial charge >= 0.3 is 0 Å². The SMILES string of the molecule is CO[C@H]1CCCC[C@H]1N(Cc1ccccc1)Cc1ccccc1. The second-order valence-corrected chi connectivity index (χ2v) is 6.50. The molecule has 2 atom stereocenters. The molecule has 0 amide bonds. The van der Waals surface area contributed by atoms with E-state index in [4.69, 9.17) is 4.74 Å². The standard InChI is InChI=1S/C21H27NO/c1-23-21-15-9-8-14-20(21)22(16-18-10-4-2-5-11-18)17-19-12-6-3-7-13-19/h2-7,10-13,20-21H,8-9,14-17H2,1H3/t20-,21+/m1/s1. The lowest BCUT2D eigenvalue weighted by Gasteiger charge is -2.39. The van der Waals surface area contributed by atoms with Gasteiger partial charge < -0.3 is 4.74 Å². The quantitative estimate of drug-likeness (QED) is 0.770. The Morgan fingerprint density at radius 2 is 1.35 bits per heavy atom. The molecule has 2 aromatic rings. The Kier molecular flexibility index (Phi) is 5.84. The van der Waals surface area contributed by atoms with Crippen LogP contribution in [-0.4, -0.2) is 24.2 Å². The van der Waals surface area contributed by atoms with E-state index in [-0.39, 0.29) is 0 Å². The number of hydrogen-bond acceptors (Lipinski definition) is 2. The molecule has 1 aliphatic carbocycles. The van der Waals surface area contributed by atoms with Crippen molar-refractivity contribution in [3.8, 4) is 0 Å². The molecule has 0 saturated heterocycles. The van der Waals surface area contributed by atoms with Crippen LogP contribution in [0.5, 0.6) is 0 Å². The van der Waals surface area contributed by atoms with Crippen LogP contribution in [0.4, 0.5) is 0 Å². The summed E-state index contributed by atoms with van der Waals surface area (Å²) in [5.74, 6) is 0. The third kappa shape index (κ3) is 4.43. The lowest BCUT2D eigenvalue weighted by Crippen LogP contribution is -2.45. The fraction of sp³-hybridized carbons (Fsp3) is 0.429. The Bertz CT molecular complexity index is 527. The van der Waals surface area contributed by atoms with Crippen molar-refractivity contribution in [1.82, 2.24) is 4.90 Å². The number of ether oxygens (including phenoxy) is 1. The molecule has 1 aliphatic rings. The van der Waals surface area contributed by atoms with Gasteiger partial charge in [0.25, 0.3) is 0 Å². The molecule has 0 heterocycles. The van der Waals surface area contributed by atoms with E-state index in [1.54, 1.807) is 0 Å². The summed E-state index contributed by atoms with van der Waals surface area (Å²) in [6, 6.07) is 22.1. The lowest BCUT2D eigenvalue weighted by molar-refractivity contribution is -0.0176. The van der Waals surface area contributed by atoms with E-state index in [0.717, 1.165) is 13.1 Å². The van der Waals surface area contributed by atoms with Crippen molar-refractivity contribution in [2.45, 2.75) is 50.9 Å². The van der Waals surface area contributed by atoms with Crippen LogP contribution in [0.25, 0.3) is 0 Å². The van der Waals surface area contributed by atoms with Crippen LogP contribution >= 0.6 is 0 Å². The minimum atomic E-state index is 0.358. The van der Waals surface area contributed by atoms with Gasteiger partial charge in [0.1, 0.15) is 0 Å². The highest BCUT2D eigenvalue weighted by Crippen LogP contribution is 2.28. The average molecular weight is 309 g/mol. The fourth-order valence-electron chi connectivity index (χ4n) is 3.70. The third-order valence-corrected chi connectivity index (χ3v) is 4.90. The zero-order valence-electron chi connectivity index (χ0n) is 14.0. The number of hydrogen-bond donors (Lipinski definition) is 0. The van der Waals surface area contributed by atoms with Crippen LogP contribution < -0.4 is 0 Å². The van der Waals surface area contributed by atoms with Crippen molar-refractivity contribution in [2.75, 3.05) is 7.11 Å². The van der Waals surface area contributed by atoms with Gasteiger partial charge in [-0.25, -0.2) is 0 Å². The summed E-state index contributed by atoms with van der Waals surface area (Å²) in [6.45, 7) is 1.97. The maximum Gasteiger partial charge on any atom is 0.0726 e. The summed E-state index contributed by atoms with van der Waals surface area (Å²) in [5, 5.41) is 0. The van der Waals surface area contributed by atoms with E-state index in [2.05, 4.69) is 65.6 Å². The molecule has 122 valence electrons. The Balaban J connectivity index is 1.80. The average Bonchev–Trinajstić information content (AvgIpc) is 2.63. The van der Waals surface area contributed by atoms with Gasteiger partial charge in [0.05, 0.1) is 6.10 Å². The normalized spacial score (nSPS) is 21.5. The Morgan fingerprint density at radius 3 is 1.87 bits per heavy atom. The van der Waals surface area contributed by atoms with Gasteiger partial charge in [-0.2, -0.15) is 0 Å². The molecular formula is C21H27NO. The van der Waals surface area contributed by atoms with E-state index in [1.165, 1.54) is 36.8 Å². The molecule has 1 saturated carbocycles. The number of nitrogens with zero attached hydrogens (tertiary/aromatic N) is 1. The highest BCUT2D eigenvalue weighted by atomic mass is 16.5. The first-order valence-electron chi connectivity index (χ1n) is 8.71. The molecular weight excluding hydrogens is 282 g/mol. The van der Waals surface area contributed by atoms with Crippen LogP contribution in [0.15, 0.2) is 60.7 Å². The van der Waals surface area contributed by atoms with E-state index in [0.29, 0.717) is 12.1 Å². The topological polar surface area (TPSA) is 12.5 Å². The molecule has 2 aromatic carbocycles. The molecule has 1 fully saturated rings. The van der Waals surface area contributed by atoms with E-state index in [1.807, 2.05) is 7.11 Å². The maximum atomic E-state index is 5.82. The number of benzene rings is 2. The summed E-state index contributed by atoms with van der Waals surface area (Å²) in [4.78, 5) is 2.61. The van der Waals surface area contributed by atoms with Gasteiger partial charge in [0.2, 0.25) is 0 Å². The molecule has 3 rings (SSSR count). The molecule has 0 aliphatic heterocycles. The predicted molar refractivity (Wildman–Crippen MR) is 95.2 cm³/mol. The van der Waals surface area contributed by atoms with Crippen LogP contribution in [0, 0.1) is 0 Å². The van der Waals surface area contributed by atoms with Crippen LogP contribution in [0.2, 0.25) is 0 Å². The van der Waals surface area contributed by atoms with Gasteiger partial charge in [-0.15, -0.1) is 0 Å². The molecule has 0 N–H and O–H groups in total. The molecule has 0 radical (unpaired) electrons. The van der Waals surface area contributed by atoms with E-state index < -0.39 is 0 Å². The van der Waals surface area contributed by atoms with Crippen LogP contribution in [0.3, 0.4) is 0 Å². The lowest BCUT2D eigenvalue weighted by atomic mass is 9.90. The minimum absolute atomic E-state index is 0.358. The van der Waals surface area contributed by atoms with Gasteiger partial charge in [-0.05, 0) is 24.0 Å². The highest BCUT2D eigenvalue weighted by Gasteiger charge is 2.30. The largest absolute Gasteiger partial charge is 0.380 e. The van der Waals surface area contributed by atoms with Crippen LogP contribution in [-0.2, 0) is 17.8 Å². The summed E-state index contributed by atoms with van der Waals surface area (Å²) >= 11 is 0. The molecule has 23 heavy (non-hydrogen) atoms. The monoisotopic (exact) mass is 309 g/mol. The Hall–Kier alpha value is -1.64. The minimum Gasteiger partial charge on any atom is -0.380 e. The molecule has 2 nitrogen and oxygen atoms in total. The van der Waals surface area contributed by atoms with Crippen molar-refractivity contribution in [1.29, 1.82) is 0 Å². The number of methoxy groups -OCH3 is 1. The van der Waals surface area contributed by atoms with E-state index in [9.17, 15) is 0 Å². The van der Waals surface area contributed by atoms with Crippen molar-refractivity contribution < 1.29 is 4.74 Å². The van der Waals surface area contributed by atoms with Crippen LogP contribution in [0.1, 0.15) is 36.8 Å². The second kappa shape index (κ2) is 8.28. The molecule has 2 heteroatoms. The van der Waals surface area contributed by atoms with Gasteiger partial charge in [0, 0.05) is 26.2 Å². The first-order valence-corrected chi connectivity index (χ1v) is 8.71. The maximum absolute atomic E-state index is 5.82. The first-order chi connectivity index (χ1) is 11.4. The molecule has 0 bridgehead atoms. The summed E-state index contributed by atoms with van der Waals surface area (Å²) < 4.78 is 5.82. The fourth-order valence-corrected chi connectivity index (χ4v) is 3.70. The first kappa shape index (κ1) is 16.2. The smallest absolute Gasteiger partial charge is 0.0726 e. The van der Waals surface area contributed by atoms with Crippen molar-refractivity contribution >= 4 is 0 Å². The highest BCUT2D eigenvalue weighted by molar-refractivity contribution is 5.17. The zero-order valence-corrected chi connectivity index (χ0v) is 14.0. The number of rotatable bonds is 6. The third-order valence-electron chi connectivity index (χ3n) is 4.90. The van der Waals surface area contributed by atoms with Crippen molar-refractivity contribution in [3.63, 3.8) is 0 Å². The summed E-state index contributed by atoms with van der Waals surface area (Å²) in [6.07, 6.45) is 5.37. The Morgan fingerprint density at radius 1 is 0.826 bits per heavy atom. The van der Waals surface area contributed by atoms with Gasteiger partial charge in [-0.3, -0.25) is 4.90 Å². The van der Waals surface area contributed by atoms with E-state index >= 15 is 0 Å².